The zero-order valence-corrected chi connectivity index (χ0v) is 8.49. The van der Waals surface area contributed by atoms with Crippen LogP contribution in [0.3, 0.4) is 0 Å². The highest BCUT2D eigenvalue weighted by molar-refractivity contribution is 7.80. The minimum Gasteiger partial charge on any atom is -0.512 e. The lowest BCUT2D eigenvalue weighted by Crippen LogP contribution is -2.15. The fourth-order valence-corrected chi connectivity index (χ4v) is 1.44. The highest BCUT2D eigenvalue weighted by Gasteiger charge is 2.21. The van der Waals surface area contributed by atoms with Crippen LogP contribution in [0.25, 0.3) is 0 Å². The van der Waals surface area contributed by atoms with E-state index >= 15 is 0 Å². The van der Waals surface area contributed by atoms with E-state index in [1.54, 1.807) is 0 Å². The van der Waals surface area contributed by atoms with Gasteiger partial charge in [0, 0.05) is 5.41 Å². The molecule has 2 heteroatoms. The Morgan fingerprint density at radius 1 is 1.55 bits per heavy atom. The third kappa shape index (κ3) is 3.71. The maximum absolute atomic E-state index is 9.54. The number of aliphatic hydroxyl groups excluding tert-OH is 1. The van der Waals surface area contributed by atoms with Crippen molar-refractivity contribution in [3.05, 3.63) is 11.8 Å². The van der Waals surface area contributed by atoms with Crippen LogP contribution in [0, 0.1) is 5.41 Å². The molecule has 0 aromatic heterocycles. The summed E-state index contributed by atoms with van der Waals surface area (Å²) in [4.78, 5) is 0. The van der Waals surface area contributed by atoms with Gasteiger partial charge in [0.2, 0.25) is 0 Å². The number of hydrogen-bond acceptors (Lipinski definition) is 2. The van der Waals surface area contributed by atoms with Crippen molar-refractivity contribution in [2.75, 3.05) is 5.75 Å². The lowest BCUT2D eigenvalue weighted by Gasteiger charge is -2.22. The number of rotatable bonds is 4. The Kier molecular flexibility index (Phi) is 4.66. The van der Waals surface area contributed by atoms with Gasteiger partial charge in [-0.05, 0) is 24.7 Å². The van der Waals surface area contributed by atoms with Crippen molar-refractivity contribution in [3.8, 4) is 0 Å². The smallest absolute Gasteiger partial charge is 0.0939 e. The molecule has 0 aromatic rings. The molecule has 0 atom stereocenters. The Morgan fingerprint density at radius 2 is 2.09 bits per heavy atom. The van der Waals surface area contributed by atoms with Crippen molar-refractivity contribution in [2.45, 2.75) is 33.6 Å². The van der Waals surface area contributed by atoms with Crippen molar-refractivity contribution >= 4 is 12.6 Å². The second kappa shape index (κ2) is 4.70. The summed E-state index contributed by atoms with van der Waals surface area (Å²) < 4.78 is 0. The predicted octanol–water partition coefficient (Wildman–Crippen LogP) is 3.18. The molecule has 0 bridgehead atoms. The first-order valence-electron chi connectivity index (χ1n) is 4.05. The van der Waals surface area contributed by atoms with Crippen LogP contribution in [0.5, 0.6) is 0 Å². The van der Waals surface area contributed by atoms with Crippen LogP contribution in [-0.4, -0.2) is 10.9 Å². The molecule has 0 saturated heterocycles. The maximum atomic E-state index is 9.54. The number of thiol groups is 1. The van der Waals surface area contributed by atoms with Crippen LogP contribution in [0.2, 0.25) is 0 Å². The Morgan fingerprint density at radius 3 is 2.45 bits per heavy atom. The summed E-state index contributed by atoms with van der Waals surface area (Å²) in [6.45, 7) is 6.09. The topological polar surface area (TPSA) is 20.2 Å². The molecule has 66 valence electrons. The van der Waals surface area contributed by atoms with Gasteiger partial charge in [0.15, 0.2) is 0 Å². The maximum Gasteiger partial charge on any atom is 0.0939 e. The molecule has 0 heterocycles. The molecule has 0 saturated carbocycles. The van der Waals surface area contributed by atoms with Gasteiger partial charge in [0.05, 0.1) is 5.76 Å². The van der Waals surface area contributed by atoms with Crippen LogP contribution in [-0.2, 0) is 0 Å². The molecule has 11 heavy (non-hydrogen) atoms. The van der Waals surface area contributed by atoms with Crippen molar-refractivity contribution in [1.82, 2.24) is 0 Å². The molecule has 0 amide bonds. The molecular formula is C9H18OS. The summed E-state index contributed by atoms with van der Waals surface area (Å²) in [6.07, 6.45) is 3.67. The van der Waals surface area contributed by atoms with E-state index in [0.717, 1.165) is 18.6 Å². The normalized spacial score (nSPS) is 13.6. The summed E-state index contributed by atoms with van der Waals surface area (Å²) in [7, 11) is 0. The van der Waals surface area contributed by atoms with Crippen LogP contribution in [0.4, 0.5) is 0 Å². The van der Waals surface area contributed by atoms with Gasteiger partial charge in [0.1, 0.15) is 0 Å². The molecule has 0 radical (unpaired) electrons. The van der Waals surface area contributed by atoms with Gasteiger partial charge in [-0.25, -0.2) is 0 Å². The molecule has 0 aliphatic rings. The van der Waals surface area contributed by atoms with E-state index < -0.39 is 0 Å². The summed E-state index contributed by atoms with van der Waals surface area (Å²) in [6, 6.07) is 0. The summed E-state index contributed by atoms with van der Waals surface area (Å²) in [5.74, 6) is 1.31. The van der Waals surface area contributed by atoms with Crippen LogP contribution in [0.1, 0.15) is 33.6 Å². The molecule has 0 aromatic carbocycles. The van der Waals surface area contributed by atoms with Gasteiger partial charge in [0.25, 0.3) is 0 Å². The largest absolute Gasteiger partial charge is 0.512 e. The molecule has 0 unspecified atom stereocenters. The first-order valence-corrected chi connectivity index (χ1v) is 4.68. The lowest BCUT2D eigenvalue weighted by atomic mass is 9.87. The quantitative estimate of drug-likeness (QED) is 0.495. The highest BCUT2D eigenvalue weighted by atomic mass is 32.1. The van der Waals surface area contributed by atoms with E-state index in [4.69, 9.17) is 0 Å². The summed E-state index contributed by atoms with van der Waals surface area (Å²) in [5.41, 5.74) is -0.0994. The average molecular weight is 174 g/mol. The molecule has 1 nitrogen and oxygen atoms in total. The zero-order valence-electron chi connectivity index (χ0n) is 7.59. The highest BCUT2D eigenvalue weighted by Crippen LogP contribution is 2.28. The fourth-order valence-electron chi connectivity index (χ4n) is 0.877. The lowest BCUT2D eigenvalue weighted by molar-refractivity contribution is 0.251. The minimum atomic E-state index is -0.0994. The van der Waals surface area contributed by atoms with E-state index in [-0.39, 0.29) is 5.41 Å². The zero-order chi connectivity index (χ0) is 8.91. The van der Waals surface area contributed by atoms with Gasteiger partial charge in [-0.1, -0.05) is 20.8 Å². The van der Waals surface area contributed by atoms with Crippen molar-refractivity contribution < 1.29 is 5.11 Å². The Labute approximate surface area is 74.9 Å². The molecule has 0 spiro atoms. The van der Waals surface area contributed by atoms with E-state index in [1.807, 2.05) is 26.8 Å². The van der Waals surface area contributed by atoms with Gasteiger partial charge in [-0.3, -0.25) is 0 Å². The first kappa shape index (κ1) is 10.9. The van der Waals surface area contributed by atoms with Crippen LogP contribution in [0.15, 0.2) is 11.8 Å². The van der Waals surface area contributed by atoms with E-state index in [2.05, 4.69) is 12.6 Å². The Hall–Kier alpha value is -0.110. The third-order valence-corrected chi connectivity index (χ3v) is 2.05. The molecule has 1 N–H and O–H groups in total. The van der Waals surface area contributed by atoms with E-state index in [0.29, 0.717) is 5.76 Å². The molecule has 0 rings (SSSR count). The molecule has 0 aliphatic heterocycles. The summed E-state index contributed by atoms with van der Waals surface area (Å²) >= 11 is 4.14. The number of aliphatic hydroxyl groups is 1. The van der Waals surface area contributed by atoms with Crippen molar-refractivity contribution in [1.29, 1.82) is 0 Å². The van der Waals surface area contributed by atoms with Gasteiger partial charge < -0.3 is 5.11 Å². The Balaban J connectivity index is 4.16. The monoisotopic (exact) mass is 174 g/mol. The van der Waals surface area contributed by atoms with Gasteiger partial charge in [-0.15, -0.1) is 0 Å². The van der Waals surface area contributed by atoms with Crippen LogP contribution >= 0.6 is 12.6 Å². The predicted molar refractivity (Wildman–Crippen MR) is 53.3 cm³/mol. The standard InChI is InChI=1S/C9H18OS/c1-4-5-8(10)9(2,3)6-7-11/h5,10-11H,4,6-7H2,1-3H3/b8-5-. The number of allylic oxidation sites excluding steroid dienone is 2. The van der Waals surface area contributed by atoms with Crippen molar-refractivity contribution in [3.63, 3.8) is 0 Å². The fraction of sp³-hybridized carbons (Fsp3) is 0.778. The third-order valence-electron chi connectivity index (χ3n) is 1.83. The molecule has 0 fully saturated rings. The Bertz CT molecular complexity index is 138. The average Bonchev–Trinajstić information content (AvgIpc) is 1.88. The first-order chi connectivity index (χ1) is 5.04. The number of hydrogen-bond donors (Lipinski definition) is 2. The minimum absolute atomic E-state index is 0.0994. The van der Waals surface area contributed by atoms with Gasteiger partial charge in [-0.2, -0.15) is 12.6 Å². The molecule has 0 aliphatic carbocycles. The van der Waals surface area contributed by atoms with E-state index in [1.165, 1.54) is 0 Å². The van der Waals surface area contributed by atoms with Crippen molar-refractivity contribution in [2.24, 2.45) is 5.41 Å². The summed E-state index contributed by atoms with van der Waals surface area (Å²) in [5, 5.41) is 9.54. The van der Waals surface area contributed by atoms with Crippen LogP contribution < -0.4 is 0 Å². The van der Waals surface area contributed by atoms with E-state index in [9.17, 15) is 5.11 Å². The second-order valence-corrected chi connectivity index (χ2v) is 3.80. The van der Waals surface area contributed by atoms with Gasteiger partial charge >= 0.3 is 0 Å². The second-order valence-electron chi connectivity index (χ2n) is 3.36. The SMILES string of the molecule is CC/C=C(\O)C(C)(C)CCS. The molecular weight excluding hydrogens is 156 g/mol.